The average molecular weight is 396 g/mol. The number of aryl methyl sites for hydroxylation is 4. The first kappa shape index (κ1) is 21.1. The smallest absolute Gasteiger partial charge is 0.184 e. The molecule has 0 unspecified atom stereocenters. The van der Waals surface area contributed by atoms with Crippen LogP contribution in [0.4, 0.5) is 11.5 Å². The van der Waals surface area contributed by atoms with E-state index in [-0.39, 0.29) is 0 Å². The van der Waals surface area contributed by atoms with Crippen LogP contribution in [0.3, 0.4) is 0 Å². The number of nitrogens with zero attached hydrogens (tertiary/aromatic N) is 7. The average Bonchev–Trinajstić information content (AvgIpc) is 3.07. The minimum atomic E-state index is 0.316. The van der Waals surface area contributed by atoms with E-state index < -0.39 is 0 Å². The van der Waals surface area contributed by atoms with Gasteiger partial charge in [0.1, 0.15) is 5.82 Å². The molecule has 0 bridgehead atoms. The van der Waals surface area contributed by atoms with E-state index in [9.17, 15) is 0 Å². The predicted molar refractivity (Wildman–Crippen MR) is 118 cm³/mol. The fraction of sp³-hybridized carbons (Fsp3) is 0.591. The first-order valence-corrected chi connectivity index (χ1v) is 10.7. The van der Waals surface area contributed by atoms with Crippen molar-refractivity contribution in [3.8, 4) is 0 Å². The summed E-state index contributed by atoms with van der Waals surface area (Å²) < 4.78 is 2.02. The summed E-state index contributed by atoms with van der Waals surface area (Å²) in [5.41, 5.74) is 5.88. The second kappa shape index (κ2) is 8.84. The van der Waals surface area contributed by atoms with E-state index in [1.807, 2.05) is 18.5 Å². The van der Waals surface area contributed by atoms with Gasteiger partial charge in [0.25, 0.3) is 0 Å². The molecule has 3 rings (SSSR count). The van der Waals surface area contributed by atoms with Crippen LogP contribution in [0.15, 0.2) is 6.07 Å². The minimum absolute atomic E-state index is 0.316. The minimum Gasteiger partial charge on any atom is -0.323 e. The van der Waals surface area contributed by atoms with Gasteiger partial charge in [-0.3, -0.25) is 4.98 Å². The highest BCUT2D eigenvalue weighted by Gasteiger charge is 2.24. The van der Waals surface area contributed by atoms with Gasteiger partial charge < -0.3 is 4.90 Å². The fourth-order valence-corrected chi connectivity index (χ4v) is 4.25. The molecule has 0 aliphatic heterocycles. The van der Waals surface area contributed by atoms with Gasteiger partial charge in [0, 0.05) is 12.2 Å². The summed E-state index contributed by atoms with van der Waals surface area (Å²) in [4.78, 5) is 16.4. The van der Waals surface area contributed by atoms with Gasteiger partial charge in [-0.2, -0.15) is 0 Å². The van der Waals surface area contributed by atoms with Gasteiger partial charge in [-0.1, -0.05) is 31.9 Å². The number of aromatic nitrogens is 6. The molecule has 0 aromatic carbocycles. The van der Waals surface area contributed by atoms with Crippen LogP contribution in [0.2, 0.25) is 0 Å². The second-order valence-corrected chi connectivity index (χ2v) is 7.79. The third-order valence-electron chi connectivity index (χ3n) is 5.33. The van der Waals surface area contributed by atoms with Gasteiger partial charge in [0.15, 0.2) is 17.0 Å². The van der Waals surface area contributed by atoms with E-state index in [1.54, 1.807) is 0 Å². The summed E-state index contributed by atoms with van der Waals surface area (Å²) in [5, 5.41) is 9.07. The topological polar surface area (TPSA) is 72.6 Å². The second-order valence-electron chi connectivity index (χ2n) is 7.79. The summed E-state index contributed by atoms with van der Waals surface area (Å²) in [6, 6.07) is 2.43. The molecule has 0 saturated heterocycles. The lowest BCUT2D eigenvalue weighted by molar-refractivity contribution is 0.391. The number of pyridine rings is 1. The van der Waals surface area contributed by atoms with Crippen molar-refractivity contribution in [3.63, 3.8) is 0 Å². The standard InChI is InChI=1S/C22H33N7/c1-8-11-18(12-9-2)29-22-19(26-27-29)21(24-17(7)25-22)28(10-3)20-14(4)13-15(5)23-16(20)6/h13,18H,8-12H2,1-7H3. The monoisotopic (exact) mass is 395 g/mol. The van der Waals surface area contributed by atoms with Gasteiger partial charge in [0.2, 0.25) is 0 Å². The molecule has 0 aliphatic rings. The van der Waals surface area contributed by atoms with Crippen LogP contribution >= 0.6 is 0 Å². The first-order chi connectivity index (χ1) is 13.9. The quantitative estimate of drug-likeness (QED) is 0.525. The Morgan fingerprint density at radius 2 is 1.66 bits per heavy atom. The Morgan fingerprint density at radius 3 is 2.24 bits per heavy atom. The molecule has 0 N–H and O–H groups in total. The maximum atomic E-state index is 4.79. The summed E-state index contributed by atoms with van der Waals surface area (Å²) in [7, 11) is 0. The Bertz CT molecular complexity index is 963. The Balaban J connectivity index is 2.19. The van der Waals surface area contributed by atoms with Gasteiger partial charge in [-0.15, -0.1) is 5.10 Å². The third-order valence-corrected chi connectivity index (χ3v) is 5.33. The lowest BCUT2D eigenvalue weighted by atomic mass is 10.1. The van der Waals surface area contributed by atoms with Crippen LogP contribution in [0.25, 0.3) is 11.2 Å². The number of anilines is 2. The van der Waals surface area contributed by atoms with Crippen LogP contribution in [-0.2, 0) is 0 Å². The lowest BCUT2D eigenvalue weighted by Gasteiger charge is -2.26. The molecule has 0 fully saturated rings. The molecule has 3 heterocycles. The van der Waals surface area contributed by atoms with Gasteiger partial charge in [-0.05, 0) is 59.1 Å². The number of rotatable bonds is 8. The van der Waals surface area contributed by atoms with Crippen LogP contribution in [0.5, 0.6) is 0 Å². The van der Waals surface area contributed by atoms with Crippen molar-refractivity contribution in [2.75, 3.05) is 11.4 Å². The summed E-state index contributed by atoms with van der Waals surface area (Å²) in [6.07, 6.45) is 4.36. The molecule has 7 nitrogen and oxygen atoms in total. The molecule has 156 valence electrons. The van der Waals surface area contributed by atoms with Gasteiger partial charge >= 0.3 is 0 Å². The van der Waals surface area contributed by atoms with Crippen molar-refractivity contribution in [1.82, 2.24) is 29.9 Å². The lowest BCUT2D eigenvalue weighted by Crippen LogP contribution is -2.21. The molecule has 0 aliphatic carbocycles. The summed E-state index contributed by atoms with van der Waals surface area (Å²) in [5.74, 6) is 1.54. The maximum Gasteiger partial charge on any atom is 0.184 e. The van der Waals surface area contributed by atoms with Gasteiger partial charge in [0.05, 0.1) is 17.4 Å². The normalized spacial score (nSPS) is 11.6. The Kier molecular flexibility index (Phi) is 6.45. The van der Waals surface area contributed by atoms with Crippen molar-refractivity contribution < 1.29 is 0 Å². The van der Waals surface area contributed by atoms with E-state index >= 15 is 0 Å². The molecule has 0 saturated carbocycles. The highest BCUT2D eigenvalue weighted by Crippen LogP contribution is 2.34. The summed E-state index contributed by atoms with van der Waals surface area (Å²) in [6.45, 7) is 15.5. The summed E-state index contributed by atoms with van der Waals surface area (Å²) >= 11 is 0. The first-order valence-electron chi connectivity index (χ1n) is 10.7. The predicted octanol–water partition coefficient (Wildman–Crippen LogP) is 5.15. The maximum absolute atomic E-state index is 4.79. The zero-order chi connectivity index (χ0) is 21.1. The van der Waals surface area contributed by atoms with E-state index in [0.717, 1.165) is 72.1 Å². The van der Waals surface area contributed by atoms with E-state index in [4.69, 9.17) is 9.97 Å². The van der Waals surface area contributed by atoms with E-state index in [0.29, 0.717) is 6.04 Å². The molecule has 7 heteroatoms. The van der Waals surface area contributed by atoms with Crippen LogP contribution in [-0.4, -0.2) is 36.5 Å². The van der Waals surface area contributed by atoms with Gasteiger partial charge in [-0.25, -0.2) is 14.6 Å². The largest absolute Gasteiger partial charge is 0.323 e. The molecule has 29 heavy (non-hydrogen) atoms. The van der Waals surface area contributed by atoms with Crippen LogP contribution in [0.1, 0.15) is 75.3 Å². The highest BCUT2D eigenvalue weighted by molar-refractivity contribution is 5.86. The van der Waals surface area contributed by atoms with Crippen molar-refractivity contribution in [2.45, 2.75) is 80.2 Å². The Morgan fingerprint density at radius 1 is 0.966 bits per heavy atom. The molecule has 0 spiro atoms. The SMILES string of the molecule is CCCC(CCC)n1nnc2c(N(CC)c3c(C)cc(C)nc3C)nc(C)nc21. The third kappa shape index (κ3) is 4.09. The van der Waals surface area contributed by atoms with Crippen molar-refractivity contribution >= 4 is 22.7 Å². The molecular weight excluding hydrogens is 362 g/mol. The number of fused-ring (bicyclic) bond motifs is 1. The molecule has 3 aromatic rings. The van der Waals surface area contributed by atoms with Crippen LogP contribution < -0.4 is 4.90 Å². The number of hydrogen-bond acceptors (Lipinski definition) is 6. The number of hydrogen-bond donors (Lipinski definition) is 0. The zero-order valence-electron chi connectivity index (χ0n) is 18.8. The van der Waals surface area contributed by atoms with Crippen molar-refractivity contribution in [2.24, 2.45) is 0 Å². The van der Waals surface area contributed by atoms with E-state index in [1.165, 1.54) is 5.56 Å². The molecule has 0 radical (unpaired) electrons. The molecule has 3 aromatic heterocycles. The molecule has 0 amide bonds. The van der Waals surface area contributed by atoms with E-state index in [2.05, 4.69) is 60.9 Å². The molecular formula is C22H33N7. The van der Waals surface area contributed by atoms with Crippen molar-refractivity contribution in [3.05, 3.63) is 28.8 Å². The highest BCUT2D eigenvalue weighted by atomic mass is 15.5. The molecule has 0 atom stereocenters. The van der Waals surface area contributed by atoms with Crippen LogP contribution in [0, 0.1) is 27.7 Å². The Labute approximate surface area is 173 Å². The fourth-order valence-electron chi connectivity index (χ4n) is 4.25. The zero-order valence-corrected chi connectivity index (χ0v) is 18.8. The Hall–Kier alpha value is -2.57. The van der Waals surface area contributed by atoms with Crippen molar-refractivity contribution in [1.29, 1.82) is 0 Å².